The standard InChI is InChI=1S/C20H19FN6O3S/c1-29-18-7-2-13(9-23-25-20(22)31)8-19(18)30-12-16-10-27(26-24-16)11-17(28)14-3-5-15(21)6-4-14/h2-10H,11-12H2,1H3,(H3,22,25,31)/b23-9+. The van der Waals surface area contributed by atoms with Gasteiger partial charge in [0.25, 0.3) is 0 Å². The summed E-state index contributed by atoms with van der Waals surface area (Å²) >= 11 is 4.69. The largest absolute Gasteiger partial charge is 0.493 e. The molecule has 2 aromatic carbocycles. The summed E-state index contributed by atoms with van der Waals surface area (Å²) in [7, 11) is 1.53. The first-order valence-corrected chi connectivity index (χ1v) is 9.42. The second kappa shape index (κ2) is 10.3. The summed E-state index contributed by atoms with van der Waals surface area (Å²) in [5.41, 5.74) is 9.44. The first-order chi connectivity index (χ1) is 14.9. The third kappa shape index (κ3) is 6.31. The fourth-order valence-corrected chi connectivity index (χ4v) is 2.62. The monoisotopic (exact) mass is 442 g/mol. The van der Waals surface area contributed by atoms with E-state index in [0.717, 1.165) is 5.56 Å². The van der Waals surface area contributed by atoms with Gasteiger partial charge in [0.2, 0.25) is 0 Å². The van der Waals surface area contributed by atoms with Crippen LogP contribution < -0.4 is 20.6 Å². The van der Waals surface area contributed by atoms with Gasteiger partial charge < -0.3 is 15.2 Å². The van der Waals surface area contributed by atoms with Crippen LogP contribution >= 0.6 is 12.2 Å². The highest BCUT2D eigenvalue weighted by Crippen LogP contribution is 2.28. The average Bonchev–Trinajstić information content (AvgIpc) is 3.19. The highest BCUT2D eigenvalue weighted by Gasteiger charge is 2.11. The first kappa shape index (κ1) is 21.8. The van der Waals surface area contributed by atoms with Crippen molar-refractivity contribution < 1.29 is 18.7 Å². The molecule has 3 rings (SSSR count). The van der Waals surface area contributed by atoms with E-state index in [4.69, 9.17) is 27.4 Å². The molecule has 0 saturated heterocycles. The summed E-state index contributed by atoms with van der Waals surface area (Å²) < 4.78 is 25.5. The van der Waals surface area contributed by atoms with Gasteiger partial charge in [-0.1, -0.05) is 5.21 Å². The maximum absolute atomic E-state index is 13.0. The lowest BCUT2D eigenvalue weighted by atomic mass is 10.1. The smallest absolute Gasteiger partial charge is 0.184 e. The number of hydrogen-bond acceptors (Lipinski definition) is 7. The van der Waals surface area contributed by atoms with Crippen molar-refractivity contribution in [3.8, 4) is 11.5 Å². The molecule has 0 fully saturated rings. The van der Waals surface area contributed by atoms with Crippen LogP contribution in [-0.4, -0.2) is 39.2 Å². The van der Waals surface area contributed by atoms with Gasteiger partial charge >= 0.3 is 0 Å². The van der Waals surface area contributed by atoms with E-state index in [1.807, 2.05) is 0 Å². The lowest BCUT2D eigenvalue weighted by Crippen LogP contribution is -2.23. The molecule has 0 saturated carbocycles. The normalized spacial score (nSPS) is 10.8. The van der Waals surface area contributed by atoms with Crippen LogP contribution in [0.25, 0.3) is 0 Å². The Bertz CT molecular complexity index is 1100. The number of aromatic nitrogens is 3. The Morgan fingerprint density at radius 3 is 2.77 bits per heavy atom. The number of hydrogen-bond donors (Lipinski definition) is 2. The van der Waals surface area contributed by atoms with Crippen molar-refractivity contribution in [3.63, 3.8) is 0 Å². The lowest BCUT2D eigenvalue weighted by Gasteiger charge is -2.10. The number of ether oxygens (including phenoxy) is 2. The minimum Gasteiger partial charge on any atom is -0.493 e. The zero-order chi connectivity index (χ0) is 22.2. The molecule has 3 N–H and O–H groups in total. The zero-order valence-electron chi connectivity index (χ0n) is 16.5. The Labute approximate surface area is 182 Å². The molecule has 0 amide bonds. The summed E-state index contributed by atoms with van der Waals surface area (Å²) in [5, 5.41) is 11.9. The van der Waals surface area contributed by atoms with Gasteiger partial charge in [0.1, 0.15) is 24.7 Å². The molecule has 0 aliphatic rings. The van der Waals surface area contributed by atoms with E-state index in [1.54, 1.807) is 24.4 Å². The van der Waals surface area contributed by atoms with Crippen LogP contribution in [0, 0.1) is 5.82 Å². The van der Waals surface area contributed by atoms with E-state index in [9.17, 15) is 9.18 Å². The number of Topliss-reactive ketones (excluding diaryl/α,β-unsaturated/α-hetero) is 1. The van der Waals surface area contributed by atoms with Gasteiger partial charge in [0.05, 0.1) is 19.5 Å². The number of thiocarbonyl (C=S) groups is 1. The van der Waals surface area contributed by atoms with Crippen molar-refractivity contribution >= 4 is 29.3 Å². The third-order valence-corrected chi connectivity index (χ3v) is 4.10. The highest BCUT2D eigenvalue weighted by molar-refractivity contribution is 7.80. The van der Waals surface area contributed by atoms with Gasteiger partial charge in [-0.2, -0.15) is 5.10 Å². The quantitative estimate of drug-likeness (QED) is 0.224. The van der Waals surface area contributed by atoms with Crippen LogP contribution in [0.2, 0.25) is 0 Å². The van der Waals surface area contributed by atoms with E-state index in [-0.39, 0.29) is 24.0 Å². The van der Waals surface area contributed by atoms with Crippen LogP contribution in [0.1, 0.15) is 21.6 Å². The number of rotatable bonds is 9. The fraction of sp³-hybridized carbons (Fsp3) is 0.150. The van der Waals surface area contributed by atoms with Crippen LogP contribution in [0.5, 0.6) is 11.5 Å². The molecule has 11 heteroatoms. The van der Waals surface area contributed by atoms with E-state index >= 15 is 0 Å². The highest BCUT2D eigenvalue weighted by atomic mass is 32.1. The second-order valence-corrected chi connectivity index (χ2v) is 6.71. The van der Waals surface area contributed by atoms with E-state index in [0.29, 0.717) is 22.8 Å². The Balaban J connectivity index is 1.63. The van der Waals surface area contributed by atoms with Gasteiger partial charge in [-0.05, 0) is 60.2 Å². The van der Waals surface area contributed by atoms with Gasteiger partial charge in [-0.3, -0.25) is 10.2 Å². The van der Waals surface area contributed by atoms with E-state index in [1.165, 1.54) is 42.3 Å². The molecule has 1 aromatic heterocycles. The summed E-state index contributed by atoms with van der Waals surface area (Å²) in [6.07, 6.45) is 3.13. The van der Waals surface area contributed by atoms with E-state index in [2.05, 4.69) is 20.8 Å². The molecular formula is C20H19FN6O3S. The minimum absolute atomic E-state index is 0.0239. The zero-order valence-corrected chi connectivity index (χ0v) is 17.3. The maximum Gasteiger partial charge on any atom is 0.184 e. The Morgan fingerprint density at radius 2 is 2.06 bits per heavy atom. The summed E-state index contributed by atoms with van der Waals surface area (Å²) in [6, 6.07) is 10.6. The van der Waals surface area contributed by atoms with Crippen molar-refractivity contribution in [1.82, 2.24) is 20.4 Å². The molecule has 31 heavy (non-hydrogen) atoms. The summed E-state index contributed by atoms with van der Waals surface area (Å²) in [4.78, 5) is 12.3. The predicted octanol–water partition coefficient (Wildman–Crippen LogP) is 2.05. The van der Waals surface area contributed by atoms with Gasteiger partial charge in [-0.15, -0.1) is 5.10 Å². The fourth-order valence-electron chi connectivity index (χ4n) is 2.56. The third-order valence-electron chi connectivity index (χ3n) is 4.01. The number of nitrogens with one attached hydrogen (secondary N) is 1. The molecule has 0 bridgehead atoms. The molecule has 3 aromatic rings. The van der Waals surface area contributed by atoms with Crippen LogP contribution in [0.4, 0.5) is 4.39 Å². The maximum atomic E-state index is 13.0. The number of methoxy groups -OCH3 is 1. The number of ketones is 1. The Hall–Kier alpha value is -3.86. The van der Waals surface area contributed by atoms with Crippen molar-refractivity contribution in [2.75, 3.05) is 7.11 Å². The number of hydrazone groups is 1. The van der Waals surface area contributed by atoms with Gasteiger partial charge in [0, 0.05) is 5.56 Å². The van der Waals surface area contributed by atoms with Gasteiger partial charge in [-0.25, -0.2) is 9.07 Å². The van der Waals surface area contributed by atoms with Crippen LogP contribution in [0.15, 0.2) is 53.8 Å². The topological polar surface area (TPSA) is 117 Å². The number of carbonyl (C=O) groups is 1. The number of nitrogens with two attached hydrogens (primary N) is 1. The molecule has 0 atom stereocenters. The Morgan fingerprint density at radius 1 is 1.29 bits per heavy atom. The SMILES string of the molecule is COc1ccc(/C=N/NC(N)=S)cc1OCc1cn(CC(=O)c2ccc(F)cc2)nn1. The predicted molar refractivity (Wildman–Crippen MR) is 116 cm³/mol. The van der Waals surface area contributed by atoms with Crippen LogP contribution in [-0.2, 0) is 13.2 Å². The van der Waals surface area contributed by atoms with Crippen molar-refractivity contribution in [2.45, 2.75) is 13.2 Å². The molecule has 1 heterocycles. The summed E-state index contributed by atoms with van der Waals surface area (Å²) in [6.45, 7) is 0.0801. The Kier molecular flexibility index (Phi) is 7.22. The molecule has 9 nitrogen and oxygen atoms in total. The van der Waals surface area contributed by atoms with Crippen molar-refractivity contribution in [3.05, 3.63) is 71.3 Å². The first-order valence-electron chi connectivity index (χ1n) is 9.01. The molecule has 0 radical (unpaired) electrons. The molecule has 0 unspecified atom stereocenters. The molecule has 0 aliphatic carbocycles. The molecular weight excluding hydrogens is 423 g/mol. The number of benzene rings is 2. The van der Waals surface area contributed by atoms with Crippen molar-refractivity contribution in [1.29, 1.82) is 0 Å². The van der Waals surface area contributed by atoms with Crippen molar-refractivity contribution in [2.24, 2.45) is 10.8 Å². The molecule has 0 spiro atoms. The van der Waals surface area contributed by atoms with Crippen LogP contribution in [0.3, 0.4) is 0 Å². The molecule has 160 valence electrons. The lowest BCUT2D eigenvalue weighted by molar-refractivity contribution is 0.0967. The minimum atomic E-state index is -0.401. The molecule has 0 aliphatic heterocycles. The summed E-state index contributed by atoms with van der Waals surface area (Å²) in [5.74, 6) is 0.384. The second-order valence-electron chi connectivity index (χ2n) is 6.27. The average molecular weight is 442 g/mol. The number of halogens is 1. The number of carbonyl (C=O) groups excluding carboxylic acids is 1. The van der Waals surface area contributed by atoms with Gasteiger partial charge in [0.15, 0.2) is 22.4 Å². The number of nitrogens with zero attached hydrogens (tertiary/aromatic N) is 4. The van der Waals surface area contributed by atoms with E-state index < -0.39 is 5.82 Å².